The largest absolute Gasteiger partial charge is 0.338 e. The van der Waals surface area contributed by atoms with Crippen molar-refractivity contribution in [1.29, 1.82) is 0 Å². The highest BCUT2D eigenvalue weighted by molar-refractivity contribution is 6.33. The monoisotopic (exact) mass is 339 g/mol. The van der Waals surface area contributed by atoms with E-state index in [0.29, 0.717) is 10.6 Å². The van der Waals surface area contributed by atoms with Crippen molar-refractivity contribution in [3.63, 3.8) is 0 Å². The van der Waals surface area contributed by atoms with Gasteiger partial charge in [0, 0.05) is 19.4 Å². The first-order valence-electron chi connectivity index (χ1n) is 7.65. The van der Waals surface area contributed by atoms with Gasteiger partial charge in [-0.25, -0.2) is 4.98 Å². The molecule has 1 amide bonds. The summed E-state index contributed by atoms with van der Waals surface area (Å²) in [5.74, 6) is 0.536. The van der Waals surface area contributed by atoms with E-state index < -0.39 is 0 Å². The molecule has 1 aromatic heterocycles. The molecule has 0 saturated carbocycles. The number of imidazole rings is 1. The van der Waals surface area contributed by atoms with E-state index in [4.69, 9.17) is 11.6 Å². The summed E-state index contributed by atoms with van der Waals surface area (Å²) in [6.07, 6.45) is 3.58. The van der Waals surface area contributed by atoms with Crippen LogP contribution in [0, 0.1) is 6.92 Å². The van der Waals surface area contributed by atoms with Gasteiger partial charge in [0.15, 0.2) is 0 Å². The van der Waals surface area contributed by atoms with Crippen LogP contribution >= 0.6 is 11.6 Å². The third kappa shape index (κ3) is 3.34. The van der Waals surface area contributed by atoms with Gasteiger partial charge in [0.25, 0.3) is 5.91 Å². The Morgan fingerprint density at radius 1 is 1.17 bits per heavy atom. The van der Waals surface area contributed by atoms with E-state index in [0.717, 1.165) is 17.0 Å². The molecule has 1 N–H and O–H groups in total. The van der Waals surface area contributed by atoms with Crippen molar-refractivity contribution in [1.82, 2.24) is 14.9 Å². The molecular formula is C19H18ClN3O. The predicted octanol–water partition coefficient (Wildman–Crippen LogP) is 3.90. The predicted molar refractivity (Wildman–Crippen MR) is 95.1 cm³/mol. The first-order valence-corrected chi connectivity index (χ1v) is 8.03. The van der Waals surface area contributed by atoms with Crippen LogP contribution < -0.4 is 5.32 Å². The maximum Gasteiger partial charge on any atom is 0.253 e. The SMILES string of the molecule is Cc1ccc(C(NC(=O)c2ccccc2Cl)c2nccn2C)cc1. The standard InChI is InChI=1S/C19H18ClN3O/c1-13-7-9-14(10-8-13)17(18-21-11-12-23(18)2)22-19(24)15-5-3-4-6-16(15)20/h3-12,17H,1-2H3,(H,22,24). The number of nitrogens with one attached hydrogen (secondary N) is 1. The maximum atomic E-state index is 12.7. The molecule has 0 bridgehead atoms. The Bertz CT molecular complexity index is 855. The van der Waals surface area contributed by atoms with Gasteiger partial charge in [0.1, 0.15) is 11.9 Å². The molecule has 1 atom stereocenters. The molecule has 0 spiro atoms. The van der Waals surface area contributed by atoms with Gasteiger partial charge in [-0.3, -0.25) is 4.79 Å². The second kappa shape index (κ2) is 6.89. The smallest absolute Gasteiger partial charge is 0.253 e. The number of benzene rings is 2. The van der Waals surface area contributed by atoms with Gasteiger partial charge >= 0.3 is 0 Å². The van der Waals surface area contributed by atoms with Crippen molar-refractivity contribution in [2.75, 3.05) is 0 Å². The van der Waals surface area contributed by atoms with Crippen molar-refractivity contribution < 1.29 is 4.79 Å². The molecule has 5 heteroatoms. The summed E-state index contributed by atoms with van der Waals surface area (Å²) in [5.41, 5.74) is 2.58. The molecule has 3 rings (SSSR count). The molecule has 0 aliphatic heterocycles. The van der Waals surface area contributed by atoms with Gasteiger partial charge in [-0.05, 0) is 24.6 Å². The van der Waals surface area contributed by atoms with Crippen LogP contribution in [-0.4, -0.2) is 15.5 Å². The molecule has 0 aliphatic carbocycles. The zero-order chi connectivity index (χ0) is 17.1. The third-order valence-corrected chi connectivity index (χ3v) is 4.25. The molecular weight excluding hydrogens is 322 g/mol. The Morgan fingerprint density at radius 2 is 1.88 bits per heavy atom. The normalized spacial score (nSPS) is 12.0. The van der Waals surface area contributed by atoms with Crippen molar-refractivity contribution in [2.24, 2.45) is 7.05 Å². The number of carbonyl (C=O) groups is 1. The van der Waals surface area contributed by atoms with Crippen LogP contribution in [0.4, 0.5) is 0 Å². The Labute approximate surface area is 146 Å². The van der Waals surface area contributed by atoms with Gasteiger partial charge in [0.2, 0.25) is 0 Å². The lowest BCUT2D eigenvalue weighted by molar-refractivity contribution is 0.0941. The van der Waals surface area contributed by atoms with Crippen molar-refractivity contribution in [3.05, 3.63) is 88.5 Å². The van der Waals surface area contributed by atoms with Crippen LogP contribution in [0.25, 0.3) is 0 Å². The number of amides is 1. The summed E-state index contributed by atoms with van der Waals surface area (Å²) < 4.78 is 1.90. The summed E-state index contributed by atoms with van der Waals surface area (Å²) in [6, 6.07) is 14.7. The molecule has 0 fully saturated rings. The van der Waals surface area contributed by atoms with E-state index in [2.05, 4.69) is 10.3 Å². The number of nitrogens with zero attached hydrogens (tertiary/aromatic N) is 2. The number of hydrogen-bond acceptors (Lipinski definition) is 2. The fraction of sp³-hybridized carbons (Fsp3) is 0.158. The van der Waals surface area contributed by atoms with Crippen molar-refractivity contribution in [2.45, 2.75) is 13.0 Å². The molecule has 0 saturated heterocycles. The minimum absolute atomic E-state index is 0.228. The van der Waals surface area contributed by atoms with E-state index >= 15 is 0 Å². The number of aryl methyl sites for hydroxylation is 2. The Kier molecular flexibility index (Phi) is 4.67. The molecule has 122 valence electrons. The topological polar surface area (TPSA) is 46.9 Å². The molecule has 1 heterocycles. The number of halogens is 1. The first kappa shape index (κ1) is 16.3. The molecule has 4 nitrogen and oxygen atoms in total. The molecule has 2 aromatic carbocycles. The molecule has 0 aliphatic rings. The highest BCUT2D eigenvalue weighted by atomic mass is 35.5. The Hall–Kier alpha value is -2.59. The van der Waals surface area contributed by atoms with E-state index in [-0.39, 0.29) is 11.9 Å². The minimum Gasteiger partial charge on any atom is -0.338 e. The van der Waals surface area contributed by atoms with Crippen molar-refractivity contribution >= 4 is 17.5 Å². The van der Waals surface area contributed by atoms with Gasteiger partial charge in [-0.2, -0.15) is 0 Å². The number of carbonyl (C=O) groups excluding carboxylic acids is 1. The Balaban J connectivity index is 1.97. The van der Waals surface area contributed by atoms with Crippen LogP contribution in [0.2, 0.25) is 5.02 Å². The number of rotatable bonds is 4. The van der Waals surface area contributed by atoms with Crippen LogP contribution in [-0.2, 0) is 7.05 Å². The summed E-state index contributed by atoms with van der Waals surface area (Å²) >= 11 is 6.14. The molecule has 24 heavy (non-hydrogen) atoms. The fourth-order valence-corrected chi connectivity index (χ4v) is 2.79. The van der Waals surface area contributed by atoms with Crippen LogP contribution in [0.5, 0.6) is 0 Å². The second-order valence-electron chi connectivity index (χ2n) is 5.69. The van der Waals surface area contributed by atoms with Gasteiger partial charge in [-0.1, -0.05) is 53.6 Å². The summed E-state index contributed by atoms with van der Waals surface area (Å²) in [5, 5.41) is 3.47. The molecule has 3 aromatic rings. The highest BCUT2D eigenvalue weighted by Crippen LogP contribution is 2.23. The molecule has 1 unspecified atom stereocenters. The quantitative estimate of drug-likeness (QED) is 0.783. The molecule has 0 radical (unpaired) electrons. The third-order valence-electron chi connectivity index (χ3n) is 3.92. The Morgan fingerprint density at radius 3 is 2.50 bits per heavy atom. The van der Waals surface area contributed by atoms with Gasteiger partial charge in [-0.15, -0.1) is 0 Å². The number of aromatic nitrogens is 2. The van der Waals surface area contributed by atoms with Crippen LogP contribution in [0.1, 0.15) is 33.4 Å². The van der Waals surface area contributed by atoms with Crippen LogP contribution in [0.15, 0.2) is 60.9 Å². The van der Waals surface area contributed by atoms with Crippen molar-refractivity contribution in [3.8, 4) is 0 Å². The fourth-order valence-electron chi connectivity index (χ4n) is 2.57. The zero-order valence-corrected chi connectivity index (χ0v) is 14.3. The number of hydrogen-bond donors (Lipinski definition) is 1. The summed E-state index contributed by atoms with van der Waals surface area (Å²) in [7, 11) is 1.91. The second-order valence-corrected chi connectivity index (χ2v) is 6.10. The van der Waals surface area contributed by atoms with Gasteiger partial charge < -0.3 is 9.88 Å². The van der Waals surface area contributed by atoms with E-state index in [9.17, 15) is 4.79 Å². The zero-order valence-electron chi connectivity index (χ0n) is 13.5. The lowest BCUT2D eigenvalue weighted by Gasteiger charge is -2.19. The first-order chi connectivity index (χ1) is 11.6. The van der Waals surface area contributed by atoms with Gasteiger partial charge in [0.05, 0.1) is 10.6 Å². The van der Waals surface area contributed by atoms with E-state index in [1.807, 2.05) is 49.0 Å². The lowest BCUT2D eigenvalue weighted by atomic mass is 10.0. The van der Waals surface area contributed by atoms with E-state index in [1.165, 1.54) is 0 Å². The average molecular weight is 340 g/mol. The summed E-state index contributed by atoms with van der Waals surface area (Å²) in [4.78, 5) is 17.1. The van der Waals surface area contributed by atoms with Crippen LogP contribution in [0.3, 0.4) is 0 Å². The van der Waals surface area contributed by atoms with E-state index in [1.54, 1.807) is 30.5 Å². The lowest BCUT2D eigenvalue weighted by Crippen LogP contribution is -2.31. The minimum atomic E-state index is -0.352. The highest BCUT2D eigenvalue weighted by Gasteiger charge is 2.22. The maximum absolute atomic E-state index is 12.7. The average Bonchev–Trinajstić information content (AvgIpc) is 2.99. The summed E-state index contributed by atoms with van der Waals surface area (Å²) in [6.45, 7) is 2.03.